The maximum Gasteiger partial charge on any atom is 0.338 e. The fraction of sp³-hybridized carbons (Fsp3) is 0.294. The molecule has 0 aliphatic carbocycles. The molecule has 6 nitrogen and oxygen atoms in total. The first kappa shape index (κ1) is 16.4. The van der Waals surface area contributed by atoms with E-state index >= 15 is 0 Å². The summed E-state index contributed by atoms with van der Waals surface area (Å²) < 4.78 is 0. The lowest BCUT2D eigenvalue weighted by atomic mass is 9.89. The molecule has 1 unspecified atom stereocenters. The maximum absolute atomic E-state index is 12.3. The number of benzene rings is 1. The Bertz CT molecular complexity index is 907. The van der Waals surface area contributed by atoms with Gasteiger partial charge in [-0.2, -0.15) is 0 Å². The van der Waals surface area contributed by atoms with Gasteiger partial charge in [-0.25, -0.2) is 14.8 Å². The number of hydrogen-bond acceptors (Lipinski definition) is 4. The van der Waals surface area contributed by atoms with E-state index in [1.165, 1.54) is 6.07 Å². The first-order chi connectivity index (χ1) is 11.2. The number of nitrogens with zero attached hydrogens (tertiary/aromatic N) is 2. The molecule has 2 N–H and O–H groups in total. The second-order valence-corrected chi connectivity index (χ2v) is 6.68. The molecule has 1 amide bonds. The van der Waals surface area contributed by atoms with Gasteiger partial charge in [0, 0.05) is 10.4 Å². The van der Waals surface area contributed by atoms with Crippen molar-refractivity contribution in [3.63, 3.8) is 0 Å². The Balaban J connectivity index is 2.23. The molecule has 2 aromatic rings. The Morgan fingerprint density at radius 1 is 1.33 bits per heavy atom. The molecule has 24 heavy (non-hydrogen) atoms. The number of aromatic carboxylic acids is 1. The van der Waals surface area contributed by atoms with Gasteiger partial charge in [0.15, 0.2) is 5.84 Å². The number of carboxylic acid groups (broad SMARTS) is 1. The van der Waals surface area contributed by atoms with Crippen LogP contribution in [0.25, 0.3) is 10.9 Å². The normalized spacial score (nSPS) is 20.4. The monoisotopic (exact) mass is 345 g/mol. The SMILES string of the molecule is CC(C)C1(C)N=C(c2nc3cc(Cl)ccc3cc2C(=O)O)NC1=O. The largest absolute Gasteiger partial charge is 0.478 e. The number of fused-ring (bicyclic) bond motifs is 1. The Hall–Kier alpha value is -2.47. The number of hydrogen-bond donors (Lipinski definition) is 2. The van der Waals surface area contributed by atoms with Gasteiger partial charge in [-0.3, -0.25) is 4.79 Å². The molecule has 124 valence electrons. The van der Waals surface area contributed by atoms with Crippen LogP contribution in [0, 0.1) is 5.92 Å². The molecule has 1 aromatic heterocycles. The number of nitrogens with one attached hydrogen (secondary N) is 1. The average Bonchev–Trinajstić information content (AvgIpc) is 2.82. The second-order valence-electron chi connectivity index (χ2n) is 6.24. The van der Waals surface area contributed by atoms with Gasteiger partial charge < -0.3 is 10.4 Å². The Kier molecular flexibility index (Phi) is 3.80. The number of amides is 1. The maximum atomic E-state index is 12.3. The van der Waals surface area contributed by atoms with Crippen molar-refractivity contribution < 1.29 is 14.7 Å². The molecule has 0 radical (unpaired) electrons. The predicted molar refractivity (Wildman–Crippen MR) is 91.6 cm³/mol. The van der Waals surface area contributed by atoms with E-state index in [0.717, 1.165) is 0 Å². The summed E-state index contributed by atoms with van der Waals surface area (Å²) in [7, 11) is 0. The van der Waals surface area contributed by atoms with Gasteiger partial charge in [-0.15, -0.1) is 0 Å². The van der Waals surface area contributed by atoms with Crippen LogP contribution in [0.5, 0.6) is 0 Å². The quantitative estimate of drug-likeness (QED) is 0.894. The molecule has 0 fully saturated rings. The van der Waals surface area contributed by atoms with Crippen LogP contribution >= 0.6 is 11.6 Å². The number of carbonyl (C=O) groups excluding carboxylic acids is 1. The van der Waals surface area contributed by atoms with E-state index in [2.05, 4.69) is 15.3 Å². The van der Waals surface area contributed by atoms with Crippen molar-refractivity contribution in [3.8, 4) is 0 Å². The highest BCUT2D eigenvalue weighted by molar-refractivity contribution is 6.31. The smallest absolute Gasteiger partial charge is 0.338 e. The summed E-state index contributed by atoms with van der Waals surface area (Å²) in [6.45, 7) is 5.49. The molecular weight excluding hydrogens is 330 g/mol. The van der Waals surface area contributed by atoms with Crippen molar-refractivity contribution in [1.82, 2.24) is 10.3 Å². The van der Waals surface area contributed by atoms with Crippen LogP contribution in [0.15, 0.2) is 29.3 Å². The Morgan fingerprint density at radius 3 is 2.62 bits per heavy atom. The average molecular weight is 346 g/mol. The zero-order valence-corrected chi connectivity index (χ0v) is 14.2. The fourth-order valence-electron chi connectivity index (χ4n) is 2.53. The summed E-state index contributed by atoms with van der Waals surface area (Å²) in [5.41, 5.74) is -0.291. The van der Waals surface area contributed by atoms with Crippen LogP contribution in [0.4, 0.5) is 0 Å². The van der Waals surface area contributed by atoms with E-state index < -0.39 is 11.5 Å². The van der Waals surface area contributed by atoms with Crippen LogP contribution in [0.1, 0.15) is 36.8 Å². The van der Waals surface area contributed by atoms with Crippen LogP contribution < -0.4 is 5.32 Å². The van der Waals surface area contributed by atoms with Gasteiger partial charge in [0.1, 0.15) is 11.2 Å². The number of aromatic nitrogens is 1. The first-order valence-corrected chi connectivity index (χ1v) is 7.85. The number of rotatable bonds is 3. The Labute approximate surface area is 143 Å². The third kappa shape index (κ3) is 2.53. The van der Waals surface area contributed by atoms with Crippen molar-refractivity contribution in [2.45, 2.75) is 26.3 Å². The lowest BCUT2D eigenvalue weighted by Crippen LogP contribution is -2.41. The molecule has 1 aliphatic heterocycles. The zero-order chi connectivity index (χ0) is 17.6. The van der Waals surface area contributed by atoms with E-state index in [1.54, 1.807) is 25.1 Å². The minimum Gasteiger partial charge on any atom is -0.478 e. The number of amidine groups is 1. The Morgan fingerprint density at radius 2 is 2.04 bits per heavy atom. The molecular formula is C17H16ClN3O3. The van der Waals surface area contributed by atoms with Gasteiger partial charge in [-0.1, -0.05) is 31.5 Å². The molecule has 1 atom stereocenters. The van der Waals surface area contributed by atoms with Crippen LogP contribution in [0.3, 0.4) is 0 Å². The molecule has 2 heterocycles. The van der Waals surface area contributed by atoms with Crippen molar-refractivity contribution in [2.24, 2.45) is 10.9 Å². The highest BCUT2D eigenvalue weighted by Gasteiger charge is 2.43. The van der Waals surface area contributed by atoms with Gasteiger partial charge in [-0.05, 0) is 31.0 Å². The third-order valence-electron chi connectivity index (χ3n) is 4.39. The van der Waals surface area contributed by atoms with E-state index in [-0.39, 0.29) is 28.9 Å². The van der Waals surface area contributed by atoms with E-state index in [0.29, 0.717) is 15.9 Å². The molecule has 7 heteroatoms. The molecule has 3 rings (SSSR count). The molecule has 0 spiro atoms. The van der Waals surface area contributed by atoms with Crippen LogP contribution in [-0.4, -0.2) is 33.3 Å². The van der Waals surface area contributed by atoms with E-state index in [9.17, 15) is 14.7 Å². The van der Waals surface area contributed by atoms with Gasteiger partial charge in [0.2, 0.25) is 0 Å². The zero-order valence-electron chi connectivity index (χ0n) is 13.4. The minimum atomic E-state index is -1.13. The van der Waals surface area contributed by atoms with Gasteiger partial charge >= 0.3 is 5.97 Å². The van der Waals surface area contributed by atoms with E-state index in [1.807, 2.05) is 13.8 Å². The highest BCUT2D eigenvalue weighted by atomic mass is 35.5. The summed E-state index contributed by atoms with van der Waals surface area (Å²) in [6, 6.07) is 6.52. The van der Waals surface area contributed by atoms with Gasteiger partial charge in [0.05, 0.1) is 11.1 Å². The molecule has 0 bridgehead atoms. The topological polar surface area (TPSA) is 91.7 Å². The summed E-state index contributed by atoms with van der Waals surface area (Å²) in [5.74, 6) is -1.27. The van der Waals surface area contributed by atoms with Crippen molar-refractivity contribution >= 4 is 40.2 Å². The summed E-state index contributed by atoms with van der Waals surface area (Å²) in [5, 5.41) is 13.3. The summed E-state index contributed by atoms with van der Waals surface area (Å²) in [6.07, 6.45) is 0. The first-order valence-electron chi connectivity index (χ1n) is 7.47. The third-order valence-corrected chi connectivity index (χ3v) is 4.63. The standard InChI is InChI=1S/C17H16ClN3O3/c1-8(2)17(3)16(24)20-14(21-17)13-11(15(22)23)6-9-4-5-10(18)7-12(9)19-13/h4-8H,1-3H3,(H,22,23)(H,20,21,24). The highest BCUT2D eigenvalue weighted by Crippen LogP contribution is 2.28. The van der Waals surface area contributed by atoms with Crippen molar-refractivity contribution in [2.75, 3.05) is 0 Å². The van der Waals surface area contributed by atoms with E-state index in [4.69, 9.17) is 11.6 Å². The summed E-state index contributed by atoms with van der Waals surface area (Å²) in [4.78, 5) is 32.8. The molecule has 1 aromatic carbocycles. The minimum absolute atomic E-state index is 0.0168. The van der Waals surface area contributed by atoms with Crippen LogP contribution in [-0.2, 0) is 4.79 Å². The molecule has 1 aliphatic rings. The fourth-order valence-corrected chi connectivity index (χ4v) is 2.70. The second kappa shape index (κ2) is 5.56. The predicted octanol–water partition coefficient (Wildman–Crippen LogP) is 2.88. The lowest BCUT2D eigenvalue weighted by Gasteiger charge is -2.21. The summed E-state index contributed by atoms with van der Waals surface area (Å²) >= 11 is 5.99. The number of carboxylic acids is 1. The number of carbonyl (C=O) groups is 2. The molecule has 0 saturated carbocycles. The number of pyridine rings is 1. The molecule has 0 saturated heterocycles. The van der Waals surface area contributed by atoms with Crippen LogP contribution in [0.2, 0.25) is 5.02 Å². The van der Waals surface area contributed by atoms with Crippen molar-refractivity contribution in [3.05, 3.63) is 40.5 Å². The number of aliphatic imine (C=N–C) groups is 1. The lowest BCUT2D eigenvalue weighted by molar-refractivity contribution is -0.124. The van der Waals surface area contributed by atoms with Gasteiger partial charge in [0.25, 0.3) is 5.91 Å². The number of halogens is 1. The van der Waals surface area contributed by atoms with Crippen molar-refractivity contribution in [1.29, 1.82) is 0 Å².